The zero-order chi connectivity index (χ0) is 16.8. The van der Waals surface area contributed by atoms with E-state index in [0.717, 1.165) is 46.7 Å². The summed E-state index contributed by atoms with van der Waals surface area (Å²) in [4.78, 5) is 4.60. The Hall–Kier alpha value is -2.38. The predicted octanol–water partition coefficient (Wildman–Crippen LogP) is 3.59. The molecule has 1 aromatic carbocycles. The minimum Gasteiger partial charge on any atom is -0.487 e. The number of rotatable bonds is 6. The van der Waals surface area contributed by atoms with E-state index >= 15 is 0 Å². The van der Waals surface area contributed by atoms with Gasteiger partial charge in [0.1, 0.15) is 12.4 Å². The van der Waals surface area contributed by atoms with Gasteiger partial charge in [-0.3, -0.25) is 4.98 Å². The summed E-state index contributed by atoms with van der Waals surface area (Å²) in [5.74, 6) is 0.719. The van der Waals surface area contributed by atoms with E-state index in [2.05, 4.69) is 18.0 Å². The summed E-state index contributed by atoms with van der Waals surface area (Å²) in [6.07, 6.45) is 1.84. The molecule has 0 amide bonds. The molecule has 23 heavy (non-hydrogen) atoms. The van der Waals surface area contributed by atoms with E-state index in [-0.39, 0.29) is 6.61 Å². The molecule has 0 spiro atoms. The van der Waals surface area contributed by atoms with Crippen LogP contribution in [-0.4, -0.2) is 10.1 Å². The molecule has 0 atom stereocenters. The van der Waals surface area contributed by atoms with E-state index < -0.39 is 0 Å². The summed E-state index contributed by atoms with van der Waals surface area (Å²) in [7, 11) is 0. The average Bonchev–Trinajstić information content (AvgIpc) is 2.55. The van der Waals surface area contributed by atoms with Crippen LogP contribution in [-0.2, 0) is 19.6 Å². The first-order valence-corrected chi connectivity index (χ1v) is 7.82. The second kappa shape index (κ2) is 7.75. The minimum absolute atomic E-state index is 0.0330. The smallest absolute Gasteiger partial charge is 0.144 e. The average molecular weight is 310 g/mol. The van der Waals surface area contributed by atoms with Gasteiger partial charge in [0.15, 0.2) is 0 Å². The number of hydrogen-bond acceptors (Lipinski definition) is 4. The van der Waals surface area contributed by atoms with Crippen LogP contribution in [0.15, 0.2) is 24.3 Å². The van der Waals surface area contributed by atoms with Crippen LogP contribution in [0, 0.1) is 25.2 Å². The van der Waals surface area contributed by atoms with Crippen LogP contribution in [0.1, 0.15) is 47.0 Å². The maximum Gasteiger partial charge on any atom is 0.144 e. The van der Waals surface area contributed by atoms with Crippen molar-refractivity contribution in [1.82, 2.24) is 4.98 Å². The molecule has 0 saturated carbocycles. The van der Waals surface area contributed by atoms with Gasteiger partial charge in [-0.25, -0.2) is 0 Å². The van der Waals surface area contributed by atoms with Crippen LogP contribution >= 0.6 is 0 Å². The Morgan fingerprint density at radius 1 is 1.30 bits per heavy atom. The van der Waals surface area contributed by atoms with Crippen molar-refractivity contribution < 1.29 is 9.84 Å². The first-order valence-electron chi connectivity index (χ1n) is 7.82. The Bertz CT molecular complexity index is 733. The number of nitriles is 1. The number of benzene rings is 1. The van der Waals surface area contributed by atoms with Gasteiger partial charge in [-0.2, -0.15) is 5.26 Å². The van der Waals surface area contributed by atoms with Crippen molar-refractivity contribution in [3.05, 3.63) is 57.9 Å². The summed E-state index contributed by atoms with van der Waals surface area (Å²) in [6, 6.07) is 9.49. The molecule has 4 heteroatoms. The largest absolute Gasteiger partial charge is 0.487 e. The maximum absolute atomic E-state index is 9.66. The van der Waals surface area contributed by atoms with Crippen LogP contribution in [0.3, 0.4) is 0 Å². The highest BCUT2D eigenvalue weighted by Gasteiger charge is 2.15. The molecule has 1 aromatic heterocycles. The molecule has 0 radical (unpaired) electrons. The van der Waals surface area contributed by atoms with Gasteiger partial charge in [0.05, 0.1) is 23.9 Å². The number of aryl methyl sites for hydroxylation is 2. The third-order valence-corrected chi connectivity index (χ3v) is 3.86. The van der Waals surface area contributed by atoms with E-state index in [9.17, 15) is 5.11 Å². The second-order valence-electron chi connectivity index (χ2n) is 5.59. The molecule has 0 bridgehead atoms. The maximum atomic E-state index is 9.66. The molecular formula is C19H22N2O2. The lowest BCUT2D eigenvalue weighted by Crippen LogP contribution is -2.08. The van der Waals surface area contributed by atoms with Crippen LogP contribution < -0.4 is 4.74 Å². The molecule has 0 saturated heterocycles. The lowest BCUT2D eigenvalue weighted by Gasteiger charge is -2.17. The number of nitrogens with zero attached hydrogens (tertiary/aromatic N) is 2. The molecule has 4 nitrogen and oxygen atoms in total. The SMILES string of the molecule is CCCc1nc(C)c(OCc2cccc(C#N)c2)c(C)c1CO. The first kappa shape index (κ1) is 17.0. The van der Waals surface area contributed by atoms with Crippen molar-refractivity contribution in [3.63, 3.8) is 0 Å². The van der Waals surface area contributed by atoms with Gasteiger partial charge in [0.25, 0.3) is 0 Å². The summed E-state index contributed by atoms with van der Waals surface area (Å²) in [5.41, 5.74) is 5.14. The van der Waals surface area contributed by atoms with E-state index in [1.807, 2.05) is 32.0 Å². The highest BCUT2D eigenvalue weighted by atomic mass is 16.5. The quantitative estimate of drug-likeness (QED) is 0.885. The monoisotopic (exact) mass is 310 g/mol. The Labute approximate surface area is 137 Å². The number of aliphatic hydroxyl groups excluding tert-OH is 1. The fourth-order valence-electron chi connectivity index (χ4n) is 2.70. The summed E-state index contributed by atoms with van der Waals surface area (Å²) in [6.45, 7) is 6.32. The van der Waals surface area contributed by atoms with Crippen LogP contribution in [0.5, 0.6) is 5.75 Å². The molecule has 0 aliphatic heterocycles. The topological polar surface area (TPSA) is 66.1 Å². The van der Waals surface area contributed by atoms with Crippen molar-refractivity contribution in [2.75, 3.05) is 0 Å². The van der Waals surface area contributed by atoms with Crippen molar-refractivity contribution in [1.29, 1.82) is 5.26 Å². The standard InChI is InChI=1S/C19H22N2O2/c1-4-6-18-17(11-22)13(2)19(14(3)21-18)23-12-16-8-5-7-15(9-16)10-20/h5,7-9,22H,4,6,11-12H2,1-3H3. The predicted molar refractivity (Wildman–Crippen MR) is 89.1 cm³/mol. The normalized spacial score (nSPS) is 10.4. The first-order chi connectivity index (χ1) is 11.1. The highest BCUT2D eigenvalue weighted by molar-refractivity contribution is 5.44. The number of ether oxygens (including phenoxy) is 1. The van der Waals surface area contributed by atoms with E-state index in [1.165, 1.54) is 0 Å². The van der Waals surface area contributed by atoms with Gasteiger partial charge in [-0.1, -0.05) is 25.5 Å². The molecule has 2 rings (SSSR count). The molecule has 120 valence electrons. The molecule has 1 heterocycles. The van der Waals surface area contributed by atoms with Crippen molar-refractivity contribution in [2.24, 2.45) is 0 Å². The number of aromatic nitrogens is 1. The van der Waals surface area contributed by atoms with Gasteiger partial charge in [-0.05, 0) is 38.0 Å². The number of hydrogen-bond donors (Lipinski definition) is 1. The van der Waals surface area contributed by atoms with Crippen LogP contribution in [0.2, 0.25) is 0 Å². The van der Waals surface area contributed by atoms with Gasteiger partial charge in [0.2, 0.25) is 0 Å². The Balaban J connectivity index is 2.27. The summed E-state index contributed by atoms with van der Waals surface area (Å²) < 4.78 is 5.95. The van der Waals surface area contributed by atoms with E-state index in [4.69, 9.17) is 10.00 Å². The Morgan fingerprint density at radius 2 is 2.09 bits per heavy atom. The second-order valence-corrected chi connectivity index (χ2v) is 5.59. The molecular weight excluding hydrogens is 288 g/mol. The third-order valence-electron chi connectivity index (χ3n) is 3.86. The lowest BCUT2D eigenvalue weighted by atomic mass is 10.0. The fourth-order valence-corrected chi connectivity index (χ4v) is 2.70. The van der Waals surface area contributed by atoms with Gasteiger partial charge in [-0.15, -0.1) is 0 Å². The molecule has 0 unspecified atom stereocenters. The Kier molecular flexibility index (Phi) is 5.72. The van der Waals surface area contributed by atoms with Crippen molar-refractivity contribution in [3.8, 4) is 11.8 Å². The number of aliphatic hydroxyl groups is 1. The van der Waals surface area contributed by atoms with Crippen molar-refractivity contribution in [2.45, 2.75) is 46.8 Å². The third kappa shape index (κ3) is 3.88. The van der Waals surface area contributed by atoms with E-state index in [1.54, 1.807) is 6.07 Å². The Morgan fingerprint density at radius 3 is 2.74 bits per heavy atom. The van der Waals surface area contributed by atoms with Crippen molar-refractivity contribution >= 4 is 0 Å². The zero-order valence-corrected chi connectivity index (χ0v) is 13.9. The summed E-state index contributed by atoms with van der Waals surface area (Å²) in [5, 5.41) is 18.6. The van der Waals surface area contributed by atoms with Crippen LogP contribution in [0.4, 0.5) is 0 Å². The van der Waals surface area contributed by atoms with Gasteiger partial charge >= 0.3 is 0 Å². The van der Waals surface area contributed by atoms with Gasteiger partial charge < -0.3 is 9.84 Å². The summed E-state index contributed by atoms with van der Waals surface area (Å²) >= 11 is 0. The number of pyridine rings is 1. The van der Waals surface area contributed by atoms with Gasteiger partial charge in [0, 0.05) is 16.8 Å². The minimum atomic E-state index is -0.0330. The lowest BCUT2D eigenvalue weighted by molar-refractivity contribution is 0.272. The molecule has 1 N–H and O–H groups in total. The zero-order valence-electron chi connectivity index (χ0n) is 13.9. The fraction of sp³-hybridized carbons (Fsp3) is 0.368. The molecule has 0 fully saturated rings. The highest BCUT2D eigenvalue weighted by Crippen LogP contribution is 2.28. The van der Waals surface area contributed by atoms with Crippen LogP contribution in [0.25, 0.3) is 0 Å². The molecule has 0 aliphatic carbocycles. The molecule has 0 aliphatic rings. The van der Waals surface area contributed by atoms with E-state index in [0.29, 0.717) is 12.2 Å². The molecule has 2 aromatic rings.